The van der Waals surface area contributed by atoms with E-state index in [0.717, 1.165) is 6.07 Å². The Labute approximate surface area is 108 Å². The van der Waals surface area contributed by atoms with Gasteiger partial charge in [-0.2, -0.15) is 26.3 Å². The van der Waals surface area contributed by atoms with Crippen LogP contribution in [-0.4, -0.2) is 6.18 Å². The van der Waals surface area contributed by atoms with Gasteiger partial charge in [-0.1, -0.05) is 11.6 Å². The van der Waals surface area contributed by atoms with E-state index >= 15 is 0 Å². The first-order valence-corrected chi connectivity index (χ1v) is 5.15. The van der Waals surface area contributed by atoms with Crippen LogP contribution in [0.1, 0.15) is 17.0 Å². The molecule has 1 aromatic rings. The molecular formula is C11H6ClF7. The van der Waals surface area contributed by atoms with Crippen molar-refractivity contribution in [1.29, 1.82) is 0 Å². The number of halogens is 8. The van der Waals surface area contributed by atoms with Crippen molar-refractivity contribution in [3.05, 3.63) is 46.8 Å². The third-order valence-electron chi connectivity index (χ3n) is 2.22. The van der Waals surface area contributed by atoms with Crippen molar-refractivity contribution in [2.24, 2.45) is 0 Å². The molecule has 1 unspecified atom stereocenters. The largest absolute Gasteiger partial charge is 0.416 e. The molecule has 0 aliphatic heterocycles. The summed E-state index contributed by atoms with van der Waals surface area (Å²) in [4.78, 5) is 0. The Morgan fingerprint density at radius 3 is 2.00 bits per heavy atom. The first kappa shape index (κ1) is 15.8. The minimum Gasteiger partial charge on any atom is -0.216 e. The Kier molecular flexibility index (Phi) is 4.50. The molecule has 0 N–H and O–H groups in total. The van der Waals surface area contributed by atoms with Crippen LogP contribution in [0.4, 0.5) is 30.7 Å². The number of benzene rings is 1. The van der Waals surface area contributed by atoms with Crippen LogP contribution in [0.3, 0.4) is 0 Å². The Bertz CT molecular complexity index is 473. The smallest absolute Gasteiger partial charge is 0.216 e. The van der Waals surface area contributed by atoms with Gasteiger partial charge in [0.2, 0.25) is 0 Å². The quantitative estimate of drug-likeness (QED) is 0.634. The standard InChI is InChI=1S/C11H6ClF7/c12-8-4-6(3-7(5-8)10(14,15)16)9(1-2-13)11(17,18)19/h1-5,9H. The summed E-state index contributed by atoms with van der Waals surface area (Å²) >= 11 is 5.37. The predicted molar refractivity (Wildman–Crippen MR) is 55.5 cm³/mol. The summed E-state index contributed by atoms with van der Waals surface area (Å²) in [7, 11) is 0. The molecule has 106 valence electrons. The predicted octanol–water partition coefficient (Wildman–Crippen LogP) is 5.49. The highest BCUT2D eigenvalue weighted by molar-refractivity contribution is 6.30. The lowest BCUT2D eigenvalue weighted by molar-refractivity contribution is -0.142. The molecule has 0 spiro atoms. The average molecular weight is 307 g/mol. The molecule has 0 aromatic heterocycles. The number of hydrogen-bond acceptors (Lipinski definition) is 0. The zero-order valence-electron chi connectivity index (χ0n) is 8.99. The summed E-state index contributed by atoms with van der Waals surface area (Å²) in [6.45, 7) is 0. The summed E-state index contributed by atoms with van der Waals surface area (Å²) in [5.41, 5.74) is -2.10. The van der Waals surface area contributed by atoms with E-state index in [4.69, 9.17) is 11.6 Å². The van der Waals surface area contributed by atoms with Gasteiger partial charge in [-0.05, 0) is 29.8 Å². The molecular weight excluding hydrogens is 301 g/mol. The highest BCUT2D eigenvalue weighted by atomic mass is 35.5. The van der Waals surface area contributed by atoms with Crippen molar-refractivity contribution in [2.75, 3.05) is 0 Å². The molecule has 0 nitrogen and oxygen atoms in total. The summed E-state index contributed by atoms with van der Waals surface area (Å²) < 4.78 is 87.2. The van der Waals surface area contributed by atoms with Gasteiger partial charge in [-0.25, -0.2) is 4.39 Å². The SMILES string of the molecule is FC=CC(c1cc(Cl)cc(C(F)(F)F)c1)C(F)(F)F. The minimum absolute atomic E-state index is 0.117. The van der Waals surface area contributed by atoms with Gasteiger partial charge in [0.15, 0.2) is 0 Å². The van der Waals surface area contributed by atoms with Gasteiger partial charge in [0.25, 0.3) is 0 Å². The second kappa shape index (κ2) is 5.40. The van der Waals surface area contributed by atoms with Gasteiger partial charge >= 0.3 is 12.4 Å². The van der Waals surface area contributed by atoms with Crippen LogP contribution in [0.25, 0.3) is 0 Å². The van der Waals surface area contributed by atoms with Crippen LogP contribution in [0.15, 0.2) is 30.6 Å². The van der Waals surface area contributed by atoms with Crippen LogP contribution < -0.4 is 0 Å². The highest BCUT2D eigenvalue weighted by Gasteiger charge is 2.40. The van der Waals surface area contributed by atoms with Gasteiger partial charge in [-0.15, -0.1) is 0 Å². The number of allylic oxidation sites excluding steroid dienone is 1. The summed E-state index contributed by atoms with van der Waals surface area (Å²) in [6.07, 6.45) is -10.0. The van der Waals surface area contributed by atoms with Crippen molar-refractivity contribution < 1.29 is 30.7 Å². The highest BCUT2D eigenvalue weighted by Crippen LogP contribution is 2.40. The summed E-state index contributed by atoms with van der Waals surface area (Å²) in [6, 6.07) is 1.51. The fourth-order valence-electron chi connectivity index (χ4n) is 1.44. The second-order valence-corrected chi connectivity index (χ2v) is 4.05. The normalized spacial score (nSPS) is 14.9. The topological polar surface area (TPSA) is 0 Å². The van der Waals surface area contributed by atoms with E-state index in [2.05, 4.69) is 0 Å². The number of alkyl halides is 6. The molecule has 8 heteroatoms. The van der Waals surface area contributed by atoms with E-state index in [1.54, 1.807) is 0 Å². The lowest BCUT2D eigenvalue weighted by Crippen LogP contribution is -2.19. The van der Waals surface area contributed by atoms with Crippen LogP contribution in [0.2, 0.25) is 5.02 Å². The Morgan fingerprint density at radius 1 is 1.00 bits per heavy atom. The molecule has 0 fully saturated rings. The average Bonchev–Trinajstić information content (AvgIpc) is 2.22. The van der Waals surface area contributed by atoms with Gasteiger partial charge in [-0.3, -0.25) is 0 Å². The molecule has 0 amide bonds. The Balaban J connectivity index is 3.36. The lowest BCUT2D eigenvalue weighted by atomic mass is 9.96. The van der Waals surface area contributed by atoms with Crippen molar-refractivity contribution in [2.45, 2.75) is 18.3 Å². The van der Waals surface area contributed by atoms with Crippen molar-refractivity contribution in [1.82, 2.24) is 0 Å². The molecule has 1 rings (SSSR count). The van der Waals surface area contributed by atoms with Crippen LogP contribution >= 0.6 is 11.6 Å². The zero-order chi connectivity index (χ0) is 14.8. The zero-order valence-corrected chi connectivity index (χ0v) is 9.74. The maximum atomic E-state index is 12.6. The molecule has 0 bridgehead atoms. The van der Waals surface area contributed by atoms with Gasteiger partial charge in [0.05, 0.1) is 11.9 Å². The molecule has 1 atom stereocenters. The lowest BCUT2D eigenvalue weighted by Gasteiger charge is -2.18. The second-order valence-electron chi connectivity index (χ2n) is 3.61. The van der Waals surface area contributed by atoms with Crippen LogP contribution in [0.5, 0.6) is 0 Å². The first-order chi connectivity index (χ1) is 8.55. The molecule has 0 aliphatic carbocycles. The maximum Gasteiger partial charge on any atom is 0.416 e. The molecule has 1 aromatic carbocycles. The van der Waals surface area contributed by atoms with E-state index in [-0.39, 0.29) is 12.4 Å². The van der Waals surface area contributed by atoms with Gasteiger partial charge in [0, 0.05) is 5.02 Å². The van der Waals surface area contributed by atoms with E-state index in [1.165, 1.54) is 0 Å². The maximum absolute atomic E-state index is 12.6. The van der Waals surface area contributed by atoms with E-state index in [1.807, 2.05) is 0 Å². The molecule has 0 aliphatic rings. The fraction of sp³-hybridized carbons (Fsp3) is 0.273. The molecule has 0 saturated heterocycles. The van der Waals surface area contributed by atoms with Crippen molar-refractivity contribution in [3.8, 4) is 0 Å². The van der Waals surface area contributed by atoms with Gasteiger partial charge < -0.3 is 0 Å². The van der Waals surface area contributed by atoms with E-state index < -0.39 is 34.4 Å². The molecule has 0 radical (unpaired) electrons. The van der Waals surface area contributed by atoms with Crippen molar-refractivity contribution >= 4 is 11.6 Å². The van der Waals surface area contributed by atoms with Crippen LogP contribution in [0, 0.1) is 0 Å². The molecule has 0 heterocycles. The Hall–Kier alpha value is -1.24. The summed E-state index contributed by atoms with van der Waals surface area (Å²) in [5.74, 6) is -2.49. The number of rotatable bonds is 2. The third kappa shape index (κ3) is 4.12. The monoisotopic (exact) mass is 306 g/mol. The Morgan fingerprint density at radius 2 is 1.58 bits per heavy atom. The van der Waals surface area contributed by atoms with Crippen LogP contribution in [-0.2, 0) is 6.18 Å². The van der Waals surface area contributed by atoms with Gasteiger partial charge in [0.1, 0.15) is 5.92 Å². The first-order valence-electron chi connectivity index (χ1n) is 4.77. The van der Waals surface area contributed by atoms with E-state index in [0.29, 0.717) is 12.1 Å². The minimum atomic E-state index is -4.92. The molecule has 0 saturated carbocycles. The number of hydrogen-bond donors (Lipinski definition) is 0. The van der Waals surface area contributed by atoms with Crippen molar-refractivity contribution in [3.63, 3.8) is 0 Å². The van der Waals surface area contributed by atoms with E-state index in [9.17, 15) is 30.7 Å². The summed E-state index contributed by atoms with van der Waals surface area (Å²) in [5, 5.41) is -0.508. The third-order valence-corrected chi connectivity index (χ3v) is 2.44. The fourth-order valence-corrected chi connectivity index (χ4v) is 1.68. The molecule has 19 heavy (non-hydrogen) atoms.